The number of phenols is 2. The fourth-order valence-electron chi connectivity index (χ4n) is 17.4. The number of ether oxygens (including phenoxy) is 4. The average molecular weight is 1600 g/mol. The largest absolute Gasteiger partial charge is 0.506 e. The number of aryl methyl sites for hydroxylation is 2. The van der Waals surface area contributed by atoms with Crippen LogP contribution in [0.3, 0.4) is 0 Å². The van der Waals surface area contributed by atoms with Crippen LogP contribution in [0.15, 0.2) is 72.8 Å². The van der Waals surface area contributed by atoms with Crippen molar-refractivity contribution < 1.29 is 72.3 Å². The summed E-state index contributed by atoms with van der Waals surface area (Å²) in [4.78, 5) is 137. The second-order valence-corrected chi connectivity index (χ2v) is 33.1. The number of nitrogens with one attached hydrogen (secondary N) is 2. The first-order valence-corrected chi connectivity index (χ1v) is 41.4. The molecule has 8 aliphatic heterocycles. The highest BCUT2D eigenvalue weighted by Gasteiger charge is 2.41. The van der Waals surface area contributed by atoms with E-state index in [1.807, 2.05) is 87.1 Å². The second-order valence-electron chi connectivity index (χ2n) is 32.3. The highest BCUT2D eigenvalue weighted by molar-refractivity contribution is 6.32. The number of anilines is 2. The van der Waals surface area contributed by atoms with Crippen LogP contribution in [0, 0.1) is 37.5 Å². The molecule has 29 heteroatoms. The van der Waals surface area contributed by atoms with Crippen LogP contribution in [0.1, 0.15) is 123 Å². The highest BCUT2D eigenvalue weighted by Crippen LogP contribution is 2.38. The van der Waals surface area contributed by atoms with Gasteiger partial charge in [0, 0.05) is 135 Å². The zero-order valence-electron chi connectivity index (χ0n) is 66.6. The number of aromatic hydroxyl groups is 2. The number of piperidine rings is 6. The number of nitrogens with zero attached hydrogens (tertiary/aromatic N) is 10. The number of fused-ring (bicyclic) bond motifs is 2. The molecule has 0 bridgehead atoms. The number of esters is 2. The summed E-state index contributed by atoms with van der Waals surface area (Å²) in [5, 5.41) is 27.0. The summed E-state index contributed by atoms with van der Waals surface area (Å²) in [6, 6.07) is 22.2. The third-order valence-corrected chi connectivity index (χ3v) is 24.9. The summed E-state index contributed by atoms with van der Waals surface area (Å²) in [6.07, 6.45) is 9.29. The standard InChI is InChI=1S/C42H57ClN6O8.C42H59ClN6O7/c1-28-24-29(25-34(43)39(28)52)26-36(57-42(55)48-21-13-33(14-22-48)49-23-12-32-6-4-5-7-35(32)44-41(49)54)40(53)47-19-10-31(11-20-47)30-8-16-46(17-9-30)18-15-38(51)56-27-37(50)45(2)3;1-29-26-30(27-35(43)39(29)51)28-37(56-42(54)48-21-13-34(14-22-48)49-23-12-33-6-4-5-7-36(33)44-41(49)53)40(52)47-19-10-32(11-20-47)31-8-16-46(17-9-31)18-15-38(50)55-25-24-45(2)3/h4-7,24-25,30-31,33,36,52H,8-23,26-27H2,1-3H3,(H,44,54);4-7,26-27,31-32,34,37,51H,8-25,28H2,1-3H3,(H,44,53)/t36-;37-/m11/s1. The van der Waals surface area contributed by atoms with Gasteiger partial charge in [-0.25, -0.2) is 19.2 Å². The topological polar surface area (TPSA) is 287 Å². The van der Waals surface area contributed by atoms with Crippen LogP contribution in [0.25, 0.3) is 0 Å². The zero-order chi connectivity index (χ0) is 80.4. The molecule has 4 aromatic carbocycles. The molecule has 4 N–H and O–H groups in total. The Balaban J connectivity index is 0.000000223. The van der Waals surface area contributed by atoms with Gasteiger partial charge in [-0.2, -0.15) is 0 Å². The van der Waals surface area contributed by atoms with Gasteiger partial charge in [-0.3, -0.25) is 24.0 Å². The van der Waals surface area contributed by atoms with E-state index in [-0.39, 0.29) is 101 Å². The summed E-state index contributed by atoms with van der Waals surface area (Å²) >= 11 is 12.6. The summed E-state index contributed by atoms with van der Waals surface area (Å²) in [5.41, 5.74) is 6.43. The van der Waals surface area contributed by atoms with Crippen LogP contribution in [0.5, 0.6) is 11.5 Å². The molecule has 0 aliphatic carbocycles. The first-order chi connectivity index (χ1) is 54.3. The molecule has 2 atom stereocenters. The van der Waals surface area contributed by atoms with E-state index in [4.69, 9.17) is 42.1 Å². The summed E-state index contributed by atoms with van der Waals surface area (Å²) in [7, 11) is 7.16. The Kier molecular flexibility index (Phi) is 30.6. The molecule has 8 aliphatic rings. The molecule has 8 heterocycles. The first kappa shape index (κ1) is 85.3. The highest BCUT2D eigenvalue weighted by atomic mass is 35.5. The number of carbonyl (C=O) groups is 9. The van der Waals surface area contributed by atoms with Crippen LogP contribution in [0.2, 0.25) is 10.0 Å². The Hall–Kier alpha value is -8.63. The molecule has 0 unspecified atom stereocenters. The van der Waals surface area contributed by atoms with Gasteiger partial charge in [0.15, 0.2) is 18.8 Å². The summed E-state index contributed by atoms with van der Waals surface area (Å²) < 4.78 is 22.6. The van der Waals surface area contributed by atoms with E-state index in [1.54, 1.807) is 62.0 Å². The van der Waals surface area contributed by atoms with Crippen molar-refractivity contribution in [3.8, 4) is 11.5 Å². The normalized spacial score (nSPS) is 19.5. The predicted molar refractivity (Wildman–Crippen MR) is 430 cm³/mol. The third-order valence-electron chi connectivity index (χ3n) is 24.3. The Labute approximate surface area is 674 Å². The molecule has 6 saturated heterocycles. The van der Waals surface area contributed by atoms with Crippen molar-refractivity contribution in [3.63, 3.8) is 0 Å². The van der Waals surface area contributed by atoms with Crippen LogP contribution < -0.4 is 10.6 Å². The SMILES string of the molecule is Cc1cc(C[C@@H](OC(=O)N2CCC(N3CCc4ccccc4NC3=O)CC2)C(=O)N2CCC(C3CCN(CCC(=O)OCC(=O)N(C)C)CC3)CC2)cc(Cl)c1O.Cc1cc(C[C@@H](OC(=O)N2CCC(N3CCc4ccccc4NC3=O)CC2)C(=O)N2CCC(C3CCN(CCC(=O)OCCN(C)C)CC3)CC2)cc(Cl)c1O. The van der Waals surface area contributed by atoms with Gasteiger partial charge in [0.25, 0.3) is 17.7 Å². The van der Waals surface area contributed by atoms with Gasteiger partial charge in [-0.15, -0.1) is 0 Å². The van der Waals surface area contributed by atoms with E-state index in [2.05, 4.69) is 20.4 Å². The maximum Gasteiger partial charge on any atom is 0.410 e. The van der Waals surface area contributed by atoms with Crippen LogP contribution in [-0.4, -0.2) is 290 Å². The number of benzene rings is 4. The van der Waals surface area contributed by atoms with Crippen LogP contribution in [0.4, 0.5) is 30.6 Å². The van der Waals surface area contributed by atoms with Crippen molar-refractivity contribution in [1.82, 2.24) is 49.0 Å². The molecule has 4 aromatic rings. The quantitative estimate of drug-likeness (QED) is 0.0396. The van der Waals surface area contributed by atoms with Crippen molar-refractivity contribution in [2.75, 3.05) is 163 Å². The Morgan fingerprint density at radius 3 is 1.22 bits per heavy atom. The number of hydrogen-bond donors (Lipinski definition) is 4. The van der Waals surface area contributed by atoms with Gasteiger partial charge in [-0.05, 0) is 225 Å². The van der Waals surface area contributed by atoms with Crippen molar-refractivity contribution in [1.29, 1.82) is 0 Å². The molecule has 0 radical (unpaired) electrons. The van der Waals surface area contributed by atoms with E-state index in [0.717, 1.165) is 126 Å². The van der Waals surface area contributed by atoms with Crippen LogP contribution >= 0.6 is 23.2 Å². The van der Waals surface area contributed by atoms with Gasteiger partial charge in [-0.1, -0.05) is 71.7 Å². The smallest absolute Gasteiger partial charge is 0.410 e. The Bertz CT molecular complexity index is 3910. The fraction of sp³-hybridized carbons (Fsp3) is 0.607. The number of para-hydroxylation sites is 2. The average Bonchev–Trinajstić information content (AvgIpc) is 1.82. The lowest BCUT2D eigenvalue weighted by Gasteiger charge is -2.41. The summed E-state index contributed by atoms with van der Waals surface area (Å²) in [5.74, 6) is 0.835. The number of likely N-dealkylation sites (N-methyl/N-ethyl adjacent to an activating group) is 2. The van der Waals surface area contributed by atoms with Crippen molar-refractivity contribution in [3.05, 3.63) is 116 Å². The van der Waals surface area contributed by atoms with Crippen molar-refractivity contribution in [2.45, 2.75) is 154 Å². The maximum atomic E-state index is 14.2. The number of phenolic OH excluding ortho intramolecular Hbond substituents is 2. The molecule has 6 fully saturated rings. The van der Waals surface area contributed by atoms with Gasteiger partial charge < -0.3 is 88.8 Å². The molecule has 0 saturated carbocycles. The Morgan fingerprint density at radius 2 is 0.850 bits per heavy atom. The third kappa shape index (κ3) is 23.6. The van der Waals surface area contributed by atoms with Gasteiger partial charge in [0.2, 0.25) is 0 Å². The van der Waals surface area contributed by atoms with E-state index in [9.17, 15) is 53.4 Å². The van der Waals surface area contributed by atoms with Gasteiger partial charge in [0.1, 0.15) is 18.1 Å². The van der Waals surface area contributed by atoms with Gasteiger partial charge >= 0.3 is 36.2 Å². The minimum Gasteiger partial charge on any atom is -0.506 e. The number of likely N-dealkylation sites (tertiary alicyclic amines) is 6. The molecule has 113 heavy (non-hydrogen) atoms. The monoisotopic (exact) mass is 1600 g/mol. The fourth-order valence-corrected chi connectivity index (χ4v) is 17.9. The zero-order valence-corrected chi connectivity index (χ0v) is 68.2. The molecular weight excluding hydrogens is 1490 g/mol. The molecule has 0 spiro atoms. The molecular formula is C84H116Cl2N12O15. The van der Waals surface area contributed by atoms with E-state index in [0.29, 0.717) is 157 Å². The first-order valence-electron chi connectivity index (χ1n) is 40.7. The molecule has 9 amide bonds. The van der Waals surface area contributed by atoms with E-state index < -0.39 is 24.4 Å². The van der Waals surface area contributed by atoms with E-state index in [1.165, 1.54) is 4.90 Å². The number of rotatable bonds is 23. The minimum absolute atomic E-state index is 0.00819. The number of carbonyl (C=O) groups excluding carboxylic acids is 9. The maximum absolute atomic E-state index is 14.2. The molecule has 0 aromatic heterocycles. The molecule has 27 nitrogen and oxygen atoms in total. The lowest BCUT2D eigenvalue weighted by Crippen LogP contribution is -2.52. The molecule has 616 valence electrons. The number of urea groups is 2. The number of halogens is 2. The predicted octanol–water partition coefficient (Wildman–Crippen LogP) is 10.3. The number of hydrogen-bond acceptors (Lipinski definition) is 18. The lowest BCUT2D eigenvalue weighted by atomic mass is 9.78. The lowest BCUT2D eigenvalue weighted by molar-refractivity contribution is -0.151. The Morgan fingerprint density at radius 1 is 0.487 bits per heavy atom. The van der Waals surface area contributed by atoms with Crippen molar-refractivity contribution >= 4 is 88.5 Å². The van der Waals surface area contributed by atoms with Crippen LogP contribution in [-0.2, 0) is 68.6 Å². The number of amides is 9. The minimum atomic E-state index is -1.07. The summed E-state index contributed by atoms with van der Waals surface area (Å²) in [6.45, 7) is 14.5. The van der Waals surface area contributed by atoms with Crippen molar-refractivity contribution in [2.24, 2.45) is 23.7 Å². The van der Waals surface area contributed by atoms with E-state index >= 15 is 0 Å². The molecule has 12 rings (SSSR count). The second kappa shape index (κ2) is 40.6. The van der Waals surface area contributed by atoms with Gasteiger partial charge in [0.05, 0.1) is 22.9 Å².